The van der Waals surface area contributed by atoms with Crippen LogP contribution in [0.15, 0.2) is 24.5 Å². The lowest BCUT2D eigenvalue weighted by atomic mass is 9.93. The van der Waals surface area contributed by atoms with Gasteiger partial charge in [-0.1, -0.05) is 0 Å². The number of hydrogen-bond acceptors (Lipinski definition) is 6. The number of pyridine rings is 1. The van der Waals surface area contributed by atoms with Gasteiger partial charge in [0.2, 0.25) is 5.91 Å². The molecule has 0 unspecified atom stereocenters. The average Bonchev–Trinajstić information content (AvgIpc) is 2.73. The Morgan fingerprint density at radius 1 is 1.15 bits per heavy atom. The molecule has 0 spiro atoms. The highest BCUT2D eigenvalue weighted by Gasteiger charge is 2.32. The number of carbonyl (C=O) groups excluding carboxylic acids is 1. The molecule has 0 aliphatic carbocycles. The van der Waals surface area contributed by atoms with Crippen LogP contribution in [-0.2, 0) is 11.3 Å². The maximum Gasteiger partial charge on any atom is 0.224 e. The van der Waals surface area contributed by atoms with Crippen LogP contribution in [0.1, 0.15) is 31.2 Å². The van der Waals surface area contributed by atoms with Crippen molar-refractivity contribution in [1.29, 1.82) is 0 Å². The first-order chi connectivity index (χ1) is 13.2. The van der Waals surface area contributed by atoms with Crippen LogP contribution in [0.4, 0.5) is 0 Å². The van der Waals surface area contributed by atoms with Crippen molar-refractivity contribution in [2.75, 3.05) is 39.4 Å². The first-order valence-electron chi connectivity index (χ1n) is 10.1. The first-order valence-corrected chi connectivity index (χ1v) is 10.1. The maximum absolute atomic E-state index is 12.4. The molecule has 7 heteroatoms. The maximum atomic E-state index is 12.4. The van der Waals surface area contributed by atoms with E-state index in [0.29, 0.717) is 6.04 Å². The molecule has 2 saturated heterocycles. The van der Waals surface area contributed by atoms with Crippen LogP contribution in [0.5, 0.6) is 0 Å². The summed E-state index contributed by atoms with van der Waals surface area (Å²) < 4.78 is 0. The number of aromatic nitrogens is 1. The minimum absolute atomic E-state index is 0.0390. The number of piperidine rings is 2. The summed E-state index contributed by atoms with van der Waals surface area (Å²) in [6, 6.07) is 4.14. The van der Waals surface area contributed by atoms with Crippen LogP contribution in [-0.4, -0.2) is 82.4 Å². The van der Waals surface area contributed by atoms with Crippen molar-refractivity contribution in [3.05, 3.63) is 30.1 Å². The molecule has 3 rings (SSSR count). The summed E-state index contributed by atoms with van der Waals surface area (Å²) in [4.78, 5) is 21.5. The van der Waals surface area contributed by atoms with Crippen LogP contribution in [0.2, 0.25) is 0 Å². The topological polar surface area (TPSA) is 88.9 Å². The number of likely N-dealkylation sites (tertiary alicyclic amines) is 2. The predicted molar refractivity (Wildman–Crippen MR) is 103 cm³/mol. The fourth-order valence-electron chi connectivity index (χ4n) is 4.21. The van der Waals surface area contributed by atoms with Crippen molar-refractivity contribution in [3.8, 4) is 0 Å². The van der Waals surface area contributed by atoms with Gasteiger partial charge in [-0.15, -0.1) is 0 Å². The molecule has 1 atom stereocenters. The van der Waals surface area contributed by atoms with Gasteiger partial charge in [0.05, 0.1) is 25.2 Å². The molecule has 150 valence electrons. The number of aliphatic hydroxyl groups is 2. The molecule has 1 amide bonds. The molecule has 3 N–H and O–H groups in total. The molecular weight excluding hydrogens is 344 g/mol. The fourth-order valence-corrected chi connectivity index (χ4v) is 4.21. The Balaban J connectivity index is 1.46. The Morgan fingerprint density at radius 2 is 1.85 bits per heavy atom. The summed E-state index contributed by atoms with van der Waals surface area (Å²) in [5.74, 6) is -0.0860. The van der Waals surface area contributed by atoms with E-state index in [2.05, 4.69) is 32.2 Å². The van der Waals surface area contributed by atoms with E-state index in [4.69, 9.17) is 10.2 Å². The number of nitrogens with zero attached hydrogens (tertiary/aromatic N) is 3. The van der Waals surface area contributed by atoms with Gasteiger partial charge in [-0.25, -0.2) is 0 Å². The van der Waals surface area contributed by atoms with Gasteiger partial charge >= 0.3 is 0 Å². The van der Waals surface area contributed by atoms with Gasteiger partial charge in [0.1, 0.15) is 0 Å². The highest BCUT2D eigenvalue weighted by molar-refractivity contribution is 5.79. The number of amides is 1. The molecule has 27 heavy (non-hydrogen) atoms. The summed E-state index contributed by atoms with van der Waals surface area (Å²) in [6.45, 7) is 4.52. The smallest absolute Gasteiger partial charge is 0.224 e. The lowest BCUT2D eigenvalue weighted by molar-refractivity contribution is -0.128. The molecule has 0 bridgehead atoms. The Labute approximate surface area is 161 Å². The van der Waals surface area contributed by atoms with Crippen LogP contribution in [0, 0.1) is 5.92 Å². The summed E-state index contributed by atoms with van der Waals surface area (Å²) in [5, 5.41) is 21.1. The summed E-state index contributed by atoms with van der Waals surface area (Å²) in [5.41, 5.74) is 1.31. The summed E-state index contributed by atoms with van der Waals surface area (Å²) >= 11 is 0. The second-order valence-corrected chi connectivity index (χ2v) is 7.77. The molecule has 3 heterocycles. The number of carbonyl (C=O) groups is 1. The van der Waals surface area contributed by atoms with Gasteiger partial charge in [-0.2, -0.15) is 0 Å². The Hall–Kier alpha value is -1.54. The van der Waals surface area contributed by atoms with E-state index in [-0.39, 0.29) is 25.0 Å². The molecule has 7 nitrogen and oxygen atoms in total. The highest BCUT2D eigenvalue weighted by atomic mass is 16.3. The average molecular weight is 377 g/mol. The number of hydrogen-bond donors (Lipinski definition) is 3. The zero-order valence-corrected chi connectivity index (χ0v) is 16.0. The molecule has 1 aromatic rings. The van der Waals surface area contributed by atoms with Crippen LogP contribution in [0.3, 0.4) is 0 Å². The van der Waals surface area contributed by atoms with Crippen molar-refractivity contribution < 1.29 is 15.0 Å². The number of aliphatic hydroxyl groups excluding tert-OH is 2. The zero-order chi connectivity index (χ0) is 19.1. The van der Waals surface area contributed by atoms with Crippen molar-refractivity contribution in [2.45, 2.75) is 44.3 Å². The second kappa shape index (κ2) is 10.1. The van der Waals surface area contributed by atoms with E-state index < -0.39 is 6.04 Å². The monoisotopic (exact) mass is 376 g/mol. The van der Waals surface area contributed by atoms with Crippen molar-refractivity contribution in [2.24, 2.45) is 5.92 Å². The van der Waals surface area contributed by atoms with Gasteiger partial charge in [-0.05, 0) is 63.0 Å². The largest absolute Gasteiger partial charge is 0.394 e. The van der Waals surface area contributed by atoms with E-state index in [1.54, 1.807) is 0 Å². The lowest BCUT2D eigenvalue weighted by Gasteiger charge is -2.42. The molecule has 2 fully saturated rings. The van der Waals surface area contributed by atoms with Crippen molar-refractivity contribution in [3.63, 3.8) is 0 Å². The fraction of sp³-hybridized carbons (Fsp3) is 0.700. The minimum atomic E-state index is -0.552. The second-order valence-electron chi connectivity index (χ2n) is 7.77. The Kier molecular flexibility index (Phi) is 7.58. The van der Waals surface area contributed by atoms with Gasteiger partial charge < -0.3 is 15.5 Å². The number of nitrogens with one attached hydrogen (secondary N) is 1. The van der Waals surface area contributed by atoms with E-state index in [1.807, 2.05) is 12.4 Å². The predicted octanol–water partition coefficient (Wildman–Crippen LogP) is 0.227. The zero-order valence-electron chi connectivity index (χ0n) is 16.0. The van der Waals surface area contributed by atoms with Crippen LogP contribution >= 0.6 is 0 Å². The molecule has 2 aliphatic rings. The first kappa shape index (κ1) is 20.2. The number of rotatable bonds is 7. The third-order valence-corrected chi connectivity index (χ3v) is 5.84. The SMILES string of the molecule is O=C(NC(CO)CO)[C@H]1CCCN(C2CCN(Cc3ccncc3)CC2)C1. The minimum Gasteiger partial charge on any atom is -0.394 e. The van der Waals surface area contributed by atoms with Gasteiger partial charge in [0, 0.05) is 31.5 Å². The van der Waals surface area contributed by atoms with E-state index >= 15 is 0 Å². The quantitative estimate of drug-likeness (QED) is 0.631. The van der Waals surface area contributed by atoms with Crippen LogP contribution < -0.4 is 5.32 Å². The van der Waals surface area contributed by atoms with Crippen molar-refractivity contribution >= 4 is 5.91 Å². The van der Waals surface area contributed by atoms with Crippen LogP contribution in [0.25, 0.3) is 0 Å². The summed E-state index contributed by atoms with van der Waals surface area (Å²) in [7, 11) is 0. The molecule has 1 aromatic heterocycles. The molecule has 0 radical (unpaired) electrons. The van der Waals surface area contributed by atoms with Crippen molar-refractivity contribution in [1.82, 2.24) is 20.1 Å². The molecule has 0 aromatic carbocycles. The van der Waals surface area contributed by atoms with Gasteiger partial charge in [0.15, 0.2) is 0 Å². The normalized spacial score (nSPS) is 22.9. The highest BCUT2D eigenvalue weighted by Crippen LogP contribution is 2.24. The summed E-state index contributed by atoms with van der Waals surface area (Å²) in [6.07, 6.45) is 7.87. The van der Waals surface area contributed by atoms with E-state index in [1.165, 1.54) is 5.56 Å². The molecular formula is C20H32N4O3. The third kappa shape index (κ3) is 5.72. The van der Waals surface area contributed by atoms with E-state index in [9.17, 15) is 4.79 Å². The molecule has 2 aliphatic heterocycles. The Bertz CT molecular complexity index is 574. The van der Waals surface area contributed by atoms with Gasteiger partial charge in [0.25, 0.3) is 0 Å². The standard InChI is InChI=1S/C20H32N4O3/c25-14-18(15-26)22-20(27)17-2-1-9-24(13-17)19-5-10-23(11-6-19)12-16-3-7-21-8-4-16/h3-4,7-8,17-19,25-26H,1-2,5-6,9-15H2,(H,22,27)/t17-/m0/s1. The third-order valence-electron chi connectivity index (χ3n) is 5.84. The van der Waals surface area contributed by atoms with Gasteiger partial charge in [-0.3, -0.25) is 19.6 Å². The lowest BCUT2D eigenvalue weighted by Crippen LogP contribution is -2.52. The molecule has 0 saturated carbocycles. The Morgan fingerprint density at radius 3 is 2.52 bits per heavy atom. The van der Waals surface area contributed by atoms with E-state index in [0.717, 1.165) is 58.4 Å².